The van der Waals surface area contributed by atoms with Crippen molar-refractivity contribution in [2.75, 3.05) is 5.32 Å². The molecule has 0 atom stereocenters. The zero-order chi connectivity index (χ0) is 25.7. The average molecular weight is 481 g/mol. The number of hydrogen-bond acceptors (Lipinski definition) is 5. The Morgan fingerprint density at radius 2 is 1.61 bits per heavy atom. The number of carbonyl (C=O) groups excluding carboxylic acids is 1. The Morgan fingerprint density at radius 1 is 1.00 bits per heavy atom. The number of rotatable bonds is 7. The average Bonchev–Trinajstić information content (AvgIpc) is 3.30. The monoisotopic (exact) mass is 480 g/mol. The Morgan fingerprint density at radius 3 is 2.19 bits per heavy atom. The Bertz CT molecular complexity index is 1420. The van der Waals surface area contributed by atoms with Crippen molar-refractivity contribution in [1.82, 2.24) is 9.78 Å². The molecule has 180 valence electrons. The first-order valence-corrected chi connectivity index (χ1v) is 11.2. The topological polar surface area (TPSA) is 117 Å². The maximum Gasteiger partial charge on any atom is 0.413 e. The van der Waals surface area contributed by atoms with E-state index in [-0.39, 0.29) is 18.0 Å². The number of nitrogens with zero attached hydrogens (tertiary/aromatic N) is 3. The summed E-state index contributed by atoms with van der Waals surface area (Å²) in [5.41, 5.74) is 3.26. The zero-order valence-electron chi connectivity index (χ0n) is 19.8. The number of nitriles is 1. The van der Waals surface area contributed by atoms with Gasteiger partial charge in [-0.3, -0.25) is 10.1 Å². The molecule has 0 saturated heterocycles. The van der Waals surface area contributed by atoms with Gasteiger partial charge in [0.1, 0.15) is 18.2 Å². The maximum absolute atomic E-state index is 12.4. The van der Waals surface area contributed by atoms with Crippen molar-refractivity contribution in [2.45, 2.75) is 25.9 Å². The van der Waals surface area contributed by atoms with Gasteiger partial charge in [0.05, 0.1) is 17.3 Å². The highest BCUT2D eigenvalue weighted by molar-refractivity contribution is 5.85. The van der Waals surface area contributed by atoms with Gasteiger partial charge in [-0.15, -0.1) is 0 Å². The lowest BCUT2D eigenvalue weighted by atomic mass is 9.84. The minimum Gasteiger partial charge on any atom is -0.481 e. The van der Waals surface area contributed by atoms with Gasteiger partial charge in [-0.1, -0.05) is 66.7 Å². The van der Waals surface area contributed by atoms with Crippen LogP contribution in [0.5, 0.6) is 0 Å². The first-order chi connectivity index (χ1) is 17.3. The van der Waals surface area contributed by atoms with Crippen molar-refractivity contribution in [1.29, 1.82) is 5.26 Å². The predicted octanol–water partition coefficient (Wildman–Crippen LogP) is 5.52. The van der Waals surface area contributed by atoms with E-state index in [9.17, 15) is 20.0 Å². The first-order valence-electron chi connectivity index (χ1n) is 11.2. The van der Waals surface area contributed by atoms with E-state index in [1.807, 2.05) is 84.9 Å². The van der Waals surface area contributed by atoms with Gasteiger partial charge in [-0.05, 0) is 48.2 Å². The standard InChI is InChI=1S/C28H24N4O4/c1-28(2,26(33)34)23-12-8-20(9-13-23)21-10-14-24(15-11-21)32-25(22(16-29)17-30-32)31-27(35)36-18-19-6-4-3-5-7-19/h3-15,17H,18H2,1-2H3,(H,31,35)(H,33,34). The molecule has 0 unspecified atom stereocenters. The Hall–Kier alpha value is -4.90. The Kier molecular flexibility index (Phi) is 6.84. The van der Waals surface area contributed by atoms with Crippen LogP contribution in [0.15, 0.2) is 85.1 Å². The third-order valence-corrected chi connectivity index (χ3v) is 5.91. The molecular weight excluding hydrogens is 456 g/mol. The number of ether oxygens (including phenoxy) is 1. The second-order valence-electron chi connectivity index (χ2n) is 8.67. The van der Waals surface area contributed by atoms with Crippen LogP contribution in [0.25, 0.3) is 16.8 Å². The minimum atomic E-state index is -0.980. The Balaban J connectivity index is 1.51. The van der Waals surface area contributed by atoms with Crippen LogP contribution in [0.2, 0.25) is 0 Å². The highest BCUT2D eigenvalue weighted by Gasteiger charge is 2.29. The number of benzene rings is 3. The second kappa shape index (κ2) is 10.2. The SMILES string of the molecule is CC(C)(C(=O)O)c1ccc(-c2ccc(-n3ncc(C#N)c3NC(=O)OCc3ccccc3)cc2)cc1. The quantitative estimate of drug-likeness (QED) is 0.360. The molecular formula is C28H24N4O4. The van der Waals surface area contributed by atoms with Gasteiger partial charge < -0.3 is 9.84 Å². The number of hydrogen-bond donors (Lipinski definition) is 2. The van der Waals surface area contributed by atoms with Crippen LogP contribution in [0.4, 0.5) is 10.6 Å². The largest absolute Gasteiger partial charge is 0.481 e. The summed E-state index contributed by atoms with van der Waals surface area (Å²) < 4.78 is 6.74. The van der Waals surface area contributed by atoms with Crippen LogP contribution in [0.3, 0.4) is 0 Å². The maximum atomic E-state index is 12.4. The van der Waals surface area contributed by atoms with E-state index in [4.69, 9.17) is 4.74 Å². The fourth-order valence-corrected chi connectivity index (χ4v) is 3.60. The lowest BCUT2D eigenvalue weighted by Crippen LogP contribution is -2.28. The molecule has 3 aromatic carbocycles. The summed E-state index contributed by atoms with van der Waals surface area (Å²) in [6, 6.07) is 26.1. The Labute approximate surface area is 208 Å². The number of amides is 1. The number of carboxylic acid groups (broad SMARTS) is 1. The lowest BCUT2D eigenvalue weighted by molar-refractivity contribution is -0.142. The molecule has 2 N–H and O–H groups in total. The molecule has 8 heteroatoms. The molecule has 0 radical (unpaired) electrons. The zero-order valence-corrected chi connectivity index (χ0v) is 19.8. The number of nitrogens with one attached hydrogen (secondary N) is 1. The molecule has 0 aliphatic rings. The van der Waals surface area contributed by atoms with Gasteiger partial charge in [0, 0.05) is 0 Å². The lowest BCUT2D eigenvalue weighted by Gasteiger charge is -2.19. The molecule has 1 amide bonds. The van der Waals surface area contributed by atoms with Crippen LogP contribution in [-0.4, -0.2) is 26.9 Å². The van der Waals surface area contributed by atoms with E-state index in [1.165, 1.54) is 10.9 Å². The fourth-order valence-electron chi connectivity index (χ4n) is 3.60. The number of aromatic nitrogens is 2. The van der Waals surface area contributed by atoms with Crippen molar-refractivity contribution in [3.05, 3.63) is 102 Å². The molecule has 0 spiro atoms. The molecule has 0 aliphatic carbocycles. The molecule has 4 aromatic rings. The first kappa shape index (κ1) is 24.2. The van der Waals surface area contributed by atoms with E-state index >= 15 is 0 Å². The fraction of sp³-hybridized carbons (Fsp3) is 0.143. The summed E-state index contributed by atoms with van der Waals surface area (Å²) >= 11 is 0. The van der Waals surface area contributed by atoms with Crippen LogP contribution in [0, 0.1) is 11.3 Å². The van der Waals surface area contributed by atoms with Gasteiger partial charge >= 0.3 is 12.1 Å². The van der Waals surface area contributed by atoms with E-state index < -0.39 is 17.5 Å². The van der Waals surface area contributed by atoms with Gasteiger partial charge in [-0.25, -0.2) is 9.48 Å². The highest BCUT2D eigenvalue weighted by atomic mass is 16.5. The molecule has 1 aromatic heterocycles. The number of aliphatic carboxylic acids is 1. The van der Waals surface area contributed by atoms with E-state index in [2.05, 4.69) is 10.4 Å². The van der Waals surface area contributed by atoms with Crippen molar-refractivity contribution in [3.63, 3.8) is 0 Å². The third-order valence-electron chi connectivity index (χ3n) is 5.91. The highest BCUT2D eigenvalue weighted by Crippen LogP contribution is 2.28. The van der Waals surface area contributed by atoms with Crippen LogP contribution < -0.4 is 5.32 Å². The molecule has 0 fully saturated rings. The van der Waals surface area contributed by atoms with Crippen molar-refractivity contribution < 1.29 is 19.4 Å². The molecule has 0 aliphatic heterocycles. The smallest absolute Gasteiger partial charge is 0.413 e. The number of carboxylic acids is 1. The van der Waals surface area contributed by atoms with Crippen LogP contribution >= 0.6 is 0 Å². The van der Waals surface area contributed by atoms with E-state index in [0.29, 0.717) is 11.3 Å². The molecule has 0 bridgehead atoms. The second-order valence-corrected chi connectivity index (χ2v) is 8.67. The normalized spacial score (nSPS) is 10.9. The van der Waals surface area contributed by atoms with Gasteiger partial charge in [0.25, 0.3) is 0 Å². The molecule has 36 heavy (non-hydrogen) atoms. The van der Waals surface area contributed by atoms with Gasteiger partial charge in [0.2, 0.25) is 0 Å². The van der Waals surface area contributed by atoms with Gasteiger partial charge in [-0.2, -0.15) is 10.4 Å². The van der Waals surface area contributed by atoms with E-state index in [1.54, 1.807) is 13.8 Å². The minimum absolute atomic E-state index is 0.0971. The van der Waals surface area contributed by atoms with Gasteiger partial charge in [0.15, 0.2) is 5.82 Å². The summed E-state index contributed by atoms with van der Waals surface area (Å²) in [6.07, 6.45) is 0.682. The predicted molar refractivity (Wildman–Crippen MR) is 135 cm³/mol. The number of carbonyl (C=O) groups is 2. The van der Waals surface area contributed by atoms with Crippen molar-refractivity contribution >= 4 is 17.9 Å². The third kappa shape index (κ3) is 5.10. The van der Waals surface area contributed by atoms with Crippen LogP contribution in [-0.2, 0) is 21.6 Å². The summed E-state index contributed by atoms with van der Waals surface area (Å²) in [6.45, 7) is 3.43. The van der Waals surface area contributed by atoms with Crippen LogP contribution in [0.1, 0.15) is 30.5 Å². The van der Waals surface area contributed by atoms with E-state index in [0.717, 1.165) is 16.7 Å². The summed E-state index contributed by atoms with van der Waals surface area (Å²) in [7, 11) is 0. The number of anilines is 1. The summed E-state index contributed by atoms with van der Waals surface area (Å²) in [4.78, 5) is 23.9. The molecule has 8 nitrogen and oxygen atoms in total. The summed E-state index contributed by atoms with van der Waals surface area (Å²) in [5, 5.41) is 25.8. The molecule has 0 saturated carbocycles. The van der Waals surface area contributed by atoms with Crippen molar-refractivity contribution in [2.24, 2.45) is 0 Å². The molecule has 4 rings (SSSR count). The van der Waals surface area contributed by atoms with Crippen molar-refractivity contribution in [3.8, 4) is 22.9 Å². The molecule has 1 heterocycles. The summed E-state index contributed by atoms with van der Waals surface area (Å²) in [5.74, 6) is -0.674.